The van der Waals surface area contributed by atoms with E-state index in [1.54, 1.807) is 0 Å². The van der Waals surface area contributed by atoms with Gasteiger partial charge in [0.2, 0.25) is 0 Å². The van der Waals surface area contributed by atoms with Crippen molar-refractivity contribution >= 4 is 0 Å². The summed E-state index contributed by atoms with van der Waals surface area (Å²) in [6.07, 6.45) is 12.0. The van der Waals surface area contributed by atoms with Crippen molar-refractivity contribution < 1.29 is 9.47 Å². The maximum atomic E-state index is 5.73. The molecule has 0 aromatic heterocycles. The minimum atomic E-state index is -0.0377. The average Bonchev–Trinajstić information content (AvgIpc) is 3.24. The zero-order chi connectivity index (χ0) is 15.0. The first kappa shape index (κ1) is 16.1. The van der Waals surface area contributed by atoms with Gasteiger partial charge in [-0.25, -0.2) is 0 Å². The molecule has 0 amide bonds. The summed E-state index contributed by atoms with van der Waals surface area (Å²) in [6, 6.07) is 8.50. The fourth-order valence-electron chi connectivity index (χ4n) is 2.19. The number of aryl methyl sites for hydroxylation is 1. The third-order valence-corrected chi connectivity index (χ3v) is 3.81. The third-order valence-electron chi connectivity index (χ3n) is 3.81. The second-order valence-corrected chi connectivity index (χ2v) is 6.18. The van der Waals surface area contributed by atoms with Crippen LogP contribution in [0.5, 0.6) is 5.75 Å². The lowest BCUT2D eigenvalue weighted by Gasteiger charge is -2.09. The van der Waals surface area contributed by atoms with Crippen LogP contribution in [0.25, 0.3) is 0 Å². The summed E-state index contributed by atoms with van der Waals surface area (Å²) in [7, 11) is 0. The predicted molar refractivity (Wildman–Crippen MR) is 87.9 cm³/mol. The fraction of sp³-hybridized carbons (Fsp3) is 0.579. The van der Waals surface area contributed by atoms with Crippen molar-refractivity contribution in [3.63, 3.8) is 0 Å². The molecule has 1 aliphatic rings. The van der Waals surface area contributed by atoms with Gasteiger partial charge in [0.25, 0.3) is 0 Å². The highest BCUT2D eigenvalue weighted by atomic mass is 16.6. The van der Waals surface area contributed by atoms with Crippen LogP contribution < -0.4 is 4.74 Å². The molecular weight excluding hydrogens is 260 g/mol. The largest absolute Gasteiger partial charge is 0.491 e. The average molecular weight is 288 g/mol. The molecule has 0 saturated carbocycles. The van der Waals surface area contributed by atoms with Gasteiger partial charge in [-0.1, -0.05) is 37.6 Å². The van der Waals surface area contributed by atoms with Gasteiger partial charge in [-0.3, -0.25) is 0 Å². The van der Waals surface area contributed by atoms with Crippen LogP contribution in [0.2, 0.25) is 0 Å². The molecule has 21 heavy (non-hydrogen) atoms. The fourth-order valence-corrected chi connectivity index (χ4v) is 2.19. The van der Waals surface area contributed by atoms with E-state index in [4.69, 9.17) is 9.47 Å². The van der Waals surface area contributed by atoms with E-state index >= 15 is 0 Å². The molecule has 1 aliphatic heterocycles. The molecule has 1 unspecified atom stereocenters. The molecule has 1 aromatic rings. The Hall–Kier alpha value is -1.28. The first-order chi connectivity index (χ1) is 10.2. The highest BCUT2D eigenvalue weighted by Gasteiger charge is 2.40. The number of epoxide rings is 1. The van der Waals surface area contributed by atoms with Gasteiger partial charge in [0, 0.05) is 0 Å². The highest BCUT2D eigenvalue weighted by molar-refractivity contribution is 5.27. The zero-order valence-electron chi connectivity index (χ0n) is 13.4. The minimum Gasteiger partial charge on any atom is -0.491 e. The Morgan fingerprint density at radius 3 is 2.52 bits per heavy atom. The SMILES string of the molecule is CCC/C=C/CCCCc1ccc(OCC2(C)CO2)cc1. The van der Waals surface area contributed by atoms with Crippen molar-refractivity contribution in [2.75, 3.05) is 13.2 Å². The van der Waals surface area contributed by atoms with Gasteiger partial charge in [-0.05, 0) is 56.7 Å². The zero-order valence-corrected chi connectivity index (χ0v) is 13.4. The summed E-state index contributed by atoms with van der Waals surface area (Å²) in [6.45, 7) is 5.76. The van der Waals surface area contributed by atoms with Crippen molar-refractivity contribution in [3.05, 3.63) is 42.0 Å². The van der Waals surface area contributed by atoms with E-state index in [0.717, 1.165) is 18.8 Å². The predicted octanol–water partition coefficient (Wildman–Crippen LogP) is 4.92. The summed E-state index contributed by atoms with van der Waals surface area (Å²) in [5.74, 6) is 0.943. The van der Waals surface area contributed by atoms with Crippen molar-refractivity contribution in [1.82, 2.24) is 0 Å². The van der Waals surface area contributed by atoms with Gasteiger partial charge in [0.15, 0.2) is 0 Å². The summed E-state index contributed by atoms with van der Waals surface area (Å²) in [5, 5.41) is 0. The number of benzene rings is 1. The Bertz CT molecular complexity index is 429. The molecule has 0 spiro atoms. The molecule has 1 aromatic carbocycles. The van der Waals surface area contributed by atoms with Crippen LogP contribution in [0.4, 0.5) is 0 Å². The Balaban J connectivity index is 1.60. The van der Waals surface area contributed by atoms with Crippen LogP contribution in [-0.2, 0) is 11.2 Å². The van der Waals surface area contributed by atoms with Crippen molar-refractivity contribution in [1.29, 1.82) is 0 Å². The lowest BCUT2D eigenvalue weighted by atomic mass is 10.1. The molecule has 0 N–H and O–H groups in total. The second-order valence-electron chi connectivity index (χ2n) is 6.18. The summed E-state index contributed by atoms with van der Waals surface area (Å²) >= 11 is 0. The van der Waals surface area contributed by atoms with E-state index in [0.29, 0.717) is 6.61 Å². The first-order valence-electron chi connectivity index (χ1n) is 8.22. The topological polar surface area (TPSA) is 21.8 Å². The summed E-state index contributed by atoms with van der Waals surface area (Å²) in [4.78, 5) is 0. The Morgan fingerprint density at radius 1 is 1.14 bits per heavy atom. The standard InChI is InChI=1S/C19H28O2/c1-3-4-5-6-7-8-9-10-17-11-13-18(14-12-17)20-15-19(2)16-21-19/h5-6,11-14H,3-4,7-10,15-16H2,1-2H3/b6-5+. The molecule has 2 nitrogen and oxygen atoms in total. The lowest BCUT2D eigenvalue weighted by molar-refractivity contribution is 0.202. The number of allylic oxidation sites excluding steroid dienone is 2. The molecule has 1 saturated heterocycles. The highest BCUT2D eigenvalue weighted by Crippen LogP contribution is 2.27. The third kappa shape index (κ3) is 6.34. The summed E-state index contributed by atoms with van der Waals surface area (Å²) in [5.41, 5.74) is 1.36. The van der Waals surface area contributed by atoms with Crippen LogP contribution >= 0.6 is 0 Å². The number of rotatable bonds is 10. The molecule has 1 heterocycles. The van der Waals surface area contributed by atoms with E-state index in [9.17, 15) is 0 Å². The van der Waals surface area contributed by atoms with Crippen molar-refractivity contribution in [3.8, 4) is 5.75 Å². The lowest BCUT2D eigenvalue weighted by Crippen LogP contribution is -2.16. The van der Waals surface area contributed by atoms with Crippen LogP contribution in [0.1, 0.15) is 51.5 Å². The van der Waals surface area contributed by atoms with Gasteiger partial charge in [-0.15, -0.1) is 0 Å². The quantitative estimate of drug-likeness (QED) is 0.346. The van der Waals surface area contributed by atoms with Crippen LogP contribution in [0, 0.1) is 0 Å². The van der Waals surface area contributed by atoms with E-state index < -0.39 is 0 Å². The number of unbranched alkanes of at least 4 members (excludes halogenated alkanes) is 3. The Labute approximate surface area is 129 Å². The van der Waals surface area contributed by atoms with Gasteiger partial charge in [-0.2, -0.15) is 0 Å². The maximum Gasteiger partial charge on any atom is 0.123 e. The molecule has 116 valence electrons. The summed E-state index contributed by atoms with van der Waals surface area (Å²) < 4.78 is 11.0. The molecule has 0 bridgehead atoms. The molecule has 0 radical (unpaired) electrons. The number of ether oxygens (including phenoxy) is 2. The van der Waals surface area contributed by atoms with Crippen LogP contribution in [-0.4, -0.2) is 18.8 Å². The molecule has 1 atom stereocenters. The Morgan fingerprint density at radius 2 is 1.86 bits per heavy atom. The maximum absolute atomic E-state index is 5.73. The van der Waals surface area contributed by atoms with E-state index in [-0.39, 0.29) is 5.60 Å². The van der Waals surface area contributed by atoms with Crippen molar-refractivity contribution in [2.24, 2.45) is 0 Å². The number of hydrogen-bond acceptors (Lipinski definition) is 2. The first-order valence-corrected chi connectivity index (χ1v) is 8.22. The Kier molecular flexibility index (Phi) is 6.31. The number of hydrogen-bond donors (Lipinski definition) is 0. The second kappa shape index (κ2) is 8.23. The van der Waals surface area contributed by atoms with Gasteiger partial charge in [0.1, 0.15) is 18.0 Å². The van der Waals surface area contributed by atoms with E-state index in [1.807, 2.05) is 0 Å². The molecule has 2 heteroatoms. The minimum absolute atomic E-state index is 0.0377. The van der Waals surface area contributed by atoms with Crippen LogP contribution in [0.3, 0.4) is 0 Å². The van der Waals surface area contributed by atoms with E-state index in [1.165, 1.54) is 37.7 Å². The van der Waals surface area contributed by atoms with Crippen LogP contribution in [0.15, 0.2) is 36.4 Å². The molecule has 0 aliphatic carbocycles. The molecular formula is C19H28O2. The van der Waals surface area contributed by atoms with Gasteiger partial charge < -0.3 is 9.47 Å². The van der Waals surface area contributed by atoms with E-state index in [2.05, 4.69) is 50.3 Å². The van der Waals surface area contributed by atoms with Gasteiger partial charge in [0.05, 0.1) is 6.61 Å². The smallest absolute Gasteiger partial charge is 0.123 e. The molecule has 1 fully saturated rings. The molecule has 2 rings (SSSR count). The van der Waals surface area contributed by atoms with Gasteiger partial charge >= 0.3 is 0 Å². The van der Waals surface area contributed by atoms with Crippen molar-refractivity contribution in [2.45, 2.75) is 58.0 Å². The normalized spacial score (nSPS) is 20.9. The monoisotopic (exact) mass is 288 g/mol.